The van der Waals surface area contributed by atoms with E-state index in [1.165, 1.54) is 0 Å². The molecule has 0 fully saturated rings. The van der Waals surface area contributed by atoms with Crippen LogP contribution >= 0.6 is 0 Å². The van der Waals surface area contributed by atoms with E-state index in [2.05, 4.69) is 32.3 Å². The Morgan fingerprint density at radius 1 is 1.36 bits per heavy atom. The maximum atomic E-state index is 12.6. The minimum atomic E-state index is -0.529. The minimum absolute atomic E-state index is 0.0219. The summed E-state index contributed by atoms with van der Waals surface area (Å²) in [6, 6.07) is 0. The third kappa shape index (κ3) is 4.75. The van der Waals surface area contributed by atoms with Crippen LogP contribution in [0.3, 0.4) is 0 Å². The van der Waals surface area contributed by atoms with Crippen molar-refractivity contribution in [3.05, 3.63) is 12.7 Å². The molecule has 1 rings (SSSR count). The van der Waals surface area contributed by atoms with E-state index in [0.717, 1.165) is 0 Å². The minimum Gasteiger partial charge on any atom is -0.484 e. The Morgan fingerprint density at radius 2 is 1.95 bits per heavy atom. The summed E-state index contributed by atoms with van der Waals surface area (Å²) in [5, 5.41) is 0. The maximum Gasteiger partial charge on any atom is 0.412 e. The molecular weight excluding hydrogens is 280 g/mol. The number of methoxy groups -OCH3 is 1. The van der Waals surface area contributed by atoms with Gasteiger partial charge < -0.3 is 9.47 Å². The molecule has 1 heterocycles. The number of ether oxygens (including phenoxy) is 2. The molecule has 5 heteroatoms. The topological polar surface area (TPSA) is 51.1 Å². The fraction of sp³-hybridized carbons (Fsp3) is 0.765. The van der Waals surface area contributed by atoms with Crippen molar-refractivity contribution >= 4 is 12.0 Å². The van der Waals surface area contributed by atoms with Crippen molar-refractivity contribution in [1.82, 2.24) is 4.90 Å². The number of aliphatic imine (C=N–C) groups is 1. The highest BCUT2D eigenvalue weighted by Gasteiger charge is 2.41. The number of rotatable bonds is 2. The van der Waals surface area contributed by atoms with Crippen molar-refractivity contribution in [2.24, 2.45) is 16.3 Å². The lowest BCUT2D eigenvalue weighted by molar-refractivity contribution is -0.00319. The molecule has 5 nitrogen and oxygen atoms in total. The van der Waals surface area contributed by atoms with E-state index >= 15 is 0 Å². The van der Waals surface area contributed by atoms with E-state index in [-0.39, 0.29) is 23.6 Å². The summed E-state index contributed by atoms with van der Waals surface area (Å²) in [5.74, 6) is 0.702. The lowest BCUT2D eigenvalue weighted by atomic mass is 9.89. The molecule has 0 aliphatic carbocycles. The SMILES string of the molecule is C=CC[C@@H]1CN(C(=O)OC(C)(C)C)[C@@H](C(C)(C)C)N=C1OC. The van der Waals surface area contributed by atoms with Crippen LogP contribution < -0.4 is 0 Å². The zero-order chi connectivity index (χ0) is 17.1. The van der Waals surface area contributed by atoms with Gasteiger partial charge in [-0.1, -0.05) is 26.8 Å². The molecule has 126 valence electrons. The summed E-state index contributed by atoms with van der Waals surface area (Å²) in [7, 11) is 1.62. The summed E-state index contributed by atoms with van der Waals surface area (Å²) in [6.45, 7) is 16.1. The van der Waals surface area contributed by atoms with Crippen LogP contribution in [0.5, 0.6) is 0 Å². The van der Waals surface area contributed by atoms with Gasteiger partial charge in [0.05, 0.1) is 13.0 Å². The monoisotopic (exact) mass is 310 g/mol. The first-order chi connectivity index (χ1) is 9.99. The van der Waals surface area contributed by atoms with Gasteiger partial charge in [0, 0.05) is 12.0 Å². The molecule has 1 amide bonds. The van der Waals surface area contributed by atoms with Gasteiger partial charge in [-0.3, -0.25) is 4.90 Å². The van der Waals surface area contributed by atoms with E-state index in [1.54, 1.807) is 12.0 Å². The van der Waals surface area contributed by atoms with Gasteiger partial charge in [0.2, 0.25) is 0 Å². The normalized spacial score (nSPS) is 22.9. The Bertz CT molecular complexity index is 444. The Balaban J connectivity index is 3.13. The average molecular weight is 310 g/mol. The van der Waals surface area contributed by atoms with Gasteiger partial charge in [-0.15, -0.1) is 6.58 Å². The van der Waals surface area contributed by atoms with E-state index < -0.39 is 5.60 Å². The zero-order valence-electron chi connectivity index (χ0n) is 15.0. The number of nitrogens with zero attached hydrogens (tertiary/aromatic N) is 2. The first-order valence-corrected chi connectivity index (χ1v) is 7.71. The summed E-state index contributed by atoms with van der Waals surface area (Å²) in [5.41, 5.74) is -0.738. The van der Waals surface area contributed by atoms with Crippen LogP contribution in [0.1, 0.15) is 48.0 Å². The molecule has 1 aliphatic heterocycles. The molecular formula is C17H30N2O3. The number of carbonyl (C=O) groups is 1. The number of hydrogen-bond acceptors (Lipinski definition) is 4. The van der Waals surface area contributed by atoms with Gasteiger partial charge in [-0.05, 0) is 27.2 Å². The Kier molecular flexibility index (Phi) is 5.65. The Labute approximate surface area is 134 Å². The molecule has 0 saturated carbocycles. The highest BCUT2D eigenvalue weighted by molar-refractivity contribution is 5.82. The van der Waals surface area contributed by atoms with E-state index in [4.69, 9.17) is 9.47 Å². The largest absolute Gasteiger partial charge is 0.484 e. The Morgan fingerprint density at radius 3 is 2.36 bits per heavy atom. The molecule has 0 spiro atoms. The van der Waals surface area contributed by atoms with Gasteiger partial charge in [0.25, 0.3) is 0 Å². The lowest BCUT2D eigenvalue weighted by Gasteiger charge is -2.42. The molecule has 0 saturated heterocycles. The van der Waals surface area contributed by atoms with Crippen molar-refractivity contribution in [2.45, 2.75) is 59.7 Å². The quantitative estimate of drug-likeness (QED) is 0.728. The van der Waals surface area contributed by atoms with Gasteiger partial charge >= 0.3 is 6.09 Å². The van der Waals surface area contributed by atoms with Gasteiger partial charge in [0.1, 0.15) is 11.8 Å². The maximum absolute atomic E-state index is 12.6. The van der Waals surface area contributed by atoms with Crippen LogP contribution in [0.2, 0.25) is 0 Å². The van der Waals surface area contributed by atoms with Crippen molar-refractivity contribution in [1.29, 1.82) is 0 Å². The number of hydrogen-bond donors (Lipinski definition) is 0. The van der Waals surface area contributed by atoms with Crippen LogP contribution in [0.4, 0.5) is 4.79 Å². The molecule has 1 aliphatic rings. The number of amides is 1. The van der Waals surface area contributed by atoms with Crippen molar-refractivity contribution in [3.8, 4) is 0 Å². The second-order valence-corrected chi connectivity index (χ2v) is 7.77. The van der Waals surface area contributed by atoms with Crippen LogP contribution in [-0.2, 0) is 9.47 Å². The molecule has 0 aromatic carbocycles. The zero-order valence-corrected chi connectivity index (χ0v) is 15.0. The number of carbonyl (C=O) groups excluding carboxylic acids is 1. The van der Waals surface area contributed by atoms with E-state index in [1.807, 2.05) is 26.8 Å². The summed E-state index contributed by atoms with van der Waals surface area (Å²) >= 11 is 0. The highest BCUT2D eigenvalue weighted by Crippen LogP contribution is 2.32. The lowest BCUT2D eigenvalue weighted by Crippen LogP contribution is -2.54. The molecule has 0 unspecified atom stereocenters. The van der Waals surface area contributed by atoms with Gasteiger partial charge in [-0.25, -0.2) is 9.79 Å². The molecule has 0 radical (unpaired) electrons. The fourth-order valence-electron chi connectivity index (χ4n) is 2.46. The predicted molar refractivity (Wildman–Crippen MR) is 88.9 cm³/mol. The van der Waals surface area contributed by atoms with Crippen LogP contribution in [0, 0.1) is 11.3 Å². The van der Waals surface area contributed by atoms with Crippen molar-refractivity contribution in [2.75, 3.05) is 13.7 Å². The average Bonchev–Trinajstić information content (AvgIpc) is 2.35. The van der Waals surface area contributed by atoms with Gasteiger partial charge in [-0.2, -0.15) is 0 Å². The standard InChI is InChI=1S/C17H30N2O3/c1-9-10-12-11-19(15(20)22-17(5,6)7)14(16(2,3)4)18-13(12)21-8/h9,12,14H,1,10-11H2,2-8H3/t12-,14+/m1/s1. The van der Waals surface area contributed by atoms with Crippen molar-refractivity contribution < 1.29 is 14.3 Å². The molecule has 0 aromatic rings. The number of allylic oxidation sites excluding steroid dienone is 1. The fourth-order valence-corrected chi connectivity index (χ4v) is 2.46. The first kappa shape index (κ1) is 18.5. The van der Waals surface area contributed by atoms with E-state index in [9.17, 15) is 4.79 Å². The third-order valence-electron chi connectivity index (χ3n) is 3.37. The van der Waals surface area contributed by atoms with Crippen molar-refractivity contribution in [3.63, 3.8) is 0 Å². The summed E-state index contributed by atoms with van der Waals surface area (Å²) in [6.07, 6.45) is 1.89. The second kappa shape index (κ2) is 6.71. The predicted octanol–water partition coefficient (Wildman–Crippen LogP) is 3.85. The molecule has 22 heavy (non-hydrogen) atoms. The molecule has 2 atom stereocenters. The second-order valence-electron chi connectivity index (χ2n) is 7.77. The Hall–Kier alpha value is -1.52. The highest BCUT2D eigenvalue weighted by atomic mass is 16.6. The van der Waals surface area contributed by atoms with E-state index in [0.29, 0.717) is 18.9 Å². The summed E-state index contributed by atoms with van der Waals surface area (Å²) in [4.78, 5) is 19.0. The van der Waals surface area contributed by atoms with Crippen LogP contribution in [0.15, 0.2) is 17.6 Å². The van der Waals surface area contributed by atoms with Gasteiger partial charge in [0.15, 0.2) is 5.90 Å². The molecule has 0 N–H and O–H groups in total. The smallest absolute Gasteiger partial charge is 0.412 e. The molecule has 0 bridgehead atoms. The summed E-state index contributed by atoms with van der Waals surface area (Å²) < 4.78 is 11.0. The third-order valence-corrected chi connectivity index (χ3v) is 3.37. The molecule has 0 aromatic heterocycles. The van der Waals surface area contributed by atoms with Crippen LogP contribution in [0.25, 0.3) is 0 Å². The first-order valence-electron chi connectivity index (χ1n) is 7.71. The van der Waals surface area contributed by atoms with Crippen LogP contribution in [-0.4, -0.2) is 42.3 Å².